The zero-order valence-electron chi connectivity index (χ0n) is 13.8. The minimum Gasteiger partial charge on any atom is -0.280 e. The van der Waals surface area contributed by atoms with Crippen LogP contribution in [0.1, 0.15) is 39.2 Å². The lowest BCUT2D eigenvalue weighted by Gasteiger charge is -2.15. The van der Waals surface area contributed by atoms with Crippen LogP contribution in [0.5, 0.6) is 0 Å². The molecule has 0 aromatic carbocycles. The van der Waals surface area contributed by atoms with Gasteiger partial charge in [0.25, 0.3) is 5.56 Å². The van der Waals surface area contributed by atoms with Crippen molar-refractivity contribution in [3.8, 4) is 0 Å². The molecule has 2 aromatic heterocycles. The van der Waals surface area contributed by atoms with E-state index in [9.17, 15) is 9.59 Å². The molecule has 2 heterocycles. The fourth-order valence-corrected chi connectivity index (χ4v) is 3.53. The number of thioether (sulfide) groups is 1. The fourth-order valence-electron chi connectivity index (χ4n) is 2.46. The number of unbranched alkanes of at least 4 members (excludes halogenated alkanes) is 1. The van der Waals surface area contributed by atoms with E-state index in [-0.39, 0.29) is 11.2 Å². The molecule has 0 bridgehead atoms. The Morgan fingerprint density at radius 3 is 2.50 bits per heavy atom. The molecule has 0 N–H and O–H groups in total. The van der Waals surface area contributed by atoms with Gasteiger partial charge in [0.2, 0.25) is 0 Å². The summed E-state index contributed by atoms with van der Waals surface area (Å²) in [6, 6.07) is 0. The highest BCUT2D eigenvalue weighted by molar-refractivity contribution is 8.00. The molecule has 0 spiro atoms. The average Bonchev–Trinajstić information content (AvgIpc) is 2.48. The first kappa shape index (κ1) is 16.8. The standard InChI is InChI=1S/C16H23N3O2S/c1-6-7-8-11-9-17-14-12(13(11)22-10(2)3)15(20)19(5)16(21)18(14)4/h9-10H,6-8H2,1-5H3. The van der Waals surface area contributed by atoms with Gasteiger partial charge in [0, 0.05) is 30.4 Å². The summed E-state index contributed by atoms with van der Waals surface area (Å²) in [6.07, 6.45) is 4.88. The third-order valence-corrected chi connectivity index (χ3v) is 4.82. The topological polar surface area (TPSA) is 56.9 Å². The normalized spacial score (nSPS) is 11.5. The predicted molar refractivity (Wildman–Crippen MR) is 91.8 cm³/mol. The van der Waals surface area contributed by atoms with Gasteiger partial charge >= 0.3 is 5.69 Å². The average molecular weight is 321 g/mol. The minimum absolute atomic E-state index is 0.257. The van der Waals surface area contributed by atoms with Crippen LogP contribution >= 0.6 is 11.8 Å². The lowest BCUT2D eigenvalue weighted by Crippen LogP contribution is -2.37. The van der Waals surface area contributed by atoms with Gasteiger partial charge in [-0.15, -0.1) is 11.8 Å². The van der Waals surface area contributed by atoms with Gasteiger partial charge in [-0.05, 0) is 18.4 Å². The fraction of sp³-hybridized carbons (Fsp3) is 0.562. The summed E-state index contributed by atoms with van der Waals surface area (Å²) in [7, 11) is 3.18. The Bertz CT molecular complexity index is 806. The maximum atomic E-state index is 12.6. The summed E-state index contributed by atoms with van der Waals surface area (Å²) in [5, 5.41) is 0.921. The van der Waals surface area contributed by atoms with Crippen molar-refractivity contribution in [1.82, 2.24) is 14.1 Å². The lowest BCUT2D eigenvalue weighted by molar-refractivity contribution is 0.703. The second-order valence-electron chi connectivity index (χ2n) is 5.79. The number of hydrogen-bond donors (Lipinski definition) is 0. The summed E-state index contributed by atoms with van der Waals surface area (Å²) in [5.74, 6) is 0. The Kier molecular flexibility index (Phi) is 5.11. The Hall–Kier alpha value is -1.56. The van der Waals surface area contributed by atoms with E-state index in [1.54, 1.807) is 18.8 Å². The van der Waals surface area contributed by atoms with Crippen LogP contribution in [0.3, 0.4) is 0 Å². The second kappa shape index (κ2) is 6.69. The van der Waals surface area contributed by atoms with Gasteiger partial charge < -0.3 is 0 Å². The van der Waals surface area contributed by atoms with Crippen LogP contribution in [0.4, 0.5) is 0 Å². The van der Waals surface area contributed by atoms with Gasteiger partial charge in [-0.1, -0.05) is 27.2 Å². The largest absolute Gasteiger partial charge is 0.332 e. The number of fused-ring (bicyclic) bond motifs is 1. The number of nitrogens with zero attached hydrogens (tertiary/aromatic N) is 3. The Morgan fingerprint density at radius 2 is 1.91 bits per heavy atom. The van der Waals surface area contributed by atoms with Crippen molar-refractivity contribution in [1.29, 1.82) is 0 Å². The van der Waals surface area contributed by atoms with Crippen molar-refractivity contribution in [3.63, 3.8) is 0 Å². The monoisotopic (exact) mass is 321 g/mol. The quantitative estimate of drug-likeness (QED) is 0.794. The number of hydrogen-bond acceptors (Lipinski definition) is 4. The van der Waals surface area contributed by atoms with Crippen molar-refractivity contribution in [2.45, 2.75) is 50.2 Å². The second-order valence-corrected chi connectivity index (χ2v) is 7.37. The number of rotatable bonds is 5. The van der Waals surface area contributed by atoms with Gasteiger partial charge in [-0.3, -0.25) is 13.9 Å². The highest BCUT2D eigenvalue weighted by atomic mass is 32.2. The molecule has 22 heavy (non-hydrogen) atoms. The number of aromatic nitrogens is 3. The molecule has 0 aliphatic carbocycles. The number of aryl methyl sites for hydroxylation is 2. The third-order valence-electron chi connectivity index (χ3n) is 3.65. The van der Waals surface area contributed by atoms with Crippen molar-refractivity contribution in [2.75, 3.05) is 0 Å². The van der Waals surface area contributed by atoms with Gasteiger partial charge in [-0.2, -0.15) is 0 Å². The molecule has 5 nitrogen and oxygen atoms in total. The predicted octanol–water partition coefficient (Wildman–Crippen LogP) is 2.48. The molecule has 6 heteroatoms. The smallest absolute Gasteiger partial charge is 0.280 e. The molecule has 0 aliphatic rings. The van der Waals surface area contributed by atoms with Crippen LogP contribution < -0.4 is 11.2 Å². The molecule has 0 atom stereocenters. The van der Waals surface area contributed by atoms with Gasteiger partial charge in [-0.25, -0.2) is 9.78 Å². The Balaban J connectivity index is 2.85. The van der Waals surface area contributed by atoms with Gasteiger partial charge in [0.05, 0.1) is 5.39 Å². The molecule has 120 valence electrons. The highest BCUT2D eigenvalue weighted by Gasteiger charge is 2.18. The first-order chi connectivity index (χ1) is 10.4. The molecule has 0 aliphatic heterocycles. The molecule has 2 rings (SSSR count). The van der Waals surface area contributed by atoms with Crippen LogP contribution in [-0.2, 0) is 20.5 Å². The third kappa shape index (κ3) is 2.97. The van der Waals surface area contributed by atoms with E-state index in [1.807, 2.05) is 6.20 Å². The molecule has 0 saturated heterocycles. The van der Waals surface area contributed by atoms with Crippen LogP contribution in [0.15, 0.2) is 20.7 Å². The maximum Gasteiger partial charge on any atom is 0.332 e. The van der Waals surface area contributed by atoms with E-state index in [4.69, 9.17) is 0 Å². The summed E-state index contributed by atoms with van der Waals surface area (Å²) in [5.41, 5.74) is 0.971. The van der Waals surface area contributed by atoms with Crippen molar-refractivity contribution >= 4 is 22.8 Å². The maximum absolute atomic E-state index is 12.6. The minimum atomic E-state index is -0.341. The van der Waals surface area contributed by atoms with E-state index in [0.717, 1.165) is 34.3 Å². The van der Waals surface area contributed by atoms with Crippen LogP contribution in [0.25, 0.3) is 11.0 Å². The van der Waals surface area contributed by atoms with Crippen molar-refractivity contribution in [2.24, 2.45) is 14.1 Å². The molecular weight excluding hydrogens is 298 g/mol. The first-order valence-electron chi connectivity index (χ1n) is 7.62. The molecule has 0 amide bonds. The molecule has 0 radical (unpaired) electrons. The van der Waals surface area contributed by atoms with Crippen molar-refractivity contribution < 1.29 is 0 Å². The summed E-state index contributed by atoms with van der Waals surface area (Å²) in [6.45, 7) is 6.35. The zero-order valence-corrected chi connectivity index (χ0v) is 14.7. The summed E-state index contributed by atoms with van der Waals surface area (Å²) in [4.78, 5) is 30.1. The van der Waals surface area contributed by atoms with E-state index in [1.165, 1.54) is 11.6 Å². The van der Waals surface area contributed by atoms with E-state index in [2.05, 4.69) is 25.8 Å². The lowest BCUT2D eigenvalue weighted by atomic mass is 10.1. The number of pyridine rings is 1. The molecule has 2 aromatic rings. The molecule has 0 unspecified atom stereocenters. The summed E-state index contributed by atoms with van der Waals surface area (Å²) < 4.78 is 2.61. The van der Waals surface area contributed by atoms with Gasteiger partial charge in [0.1, 0.15) is 5.65 Å². The first-order valence-corrected chi connectivity index (χ1v) is 8.50. The summed E-state index contributed by atoms with van der Waals surface area (Å²) >= 11 is 1.67. The van der Waals surface area contributed by atoms with E-state index in [0.29, 0.717) is 16.3 Å². The molecular formula is C16H23N3O2S. The highest BCUT2D eigenvalue weighted by Crippen LogP contribution is 2.31. The zero-order chi connectivity index (χ0) is 16.4. The van der Waals surface area contributed by atoms with Crippen LogP contribution in [0, 0.1) is 0 Å². The van der Waals surface area contributed by atoms with E-state index < -0.39 is 0 Å². The van der Waals surface area contributed by atoms with Gasteiger partial charge in [0.15, 0.2) is 0 Å². The van der Waals surface area contributed by atoms with Crippen LogP contribution in [0.2, 0.25) is 0 Å². The van der Waals surface area contributed by atoms with E-state index >= 15 is 0 Å². The SMILES string of the molecule is CCCCc1cnc2c(c1SC(C)C)c(=O)n(C)c(=O)n2C. The molecule has 0 fully saturated rings. The Morgan fingerprint density at radius 1 is 1.23 bits per heavy atom. The Labute approximate surface area is 134 Å². The van der Waals surface area contributed by atoms with Crippen LogP contribution in [-0.4, -0.2) is 19.4 Å². The van der Waals surface area contributed by atoms with Crippen molar-refractivity contribution in [3.05, 3.63) is 32.6 Å². The molecule has 0 saturated carbocycles.